The Hall–Kier alpha value is -6.75. The van der Waals surface area contributed by atoms with Gasteiger partial charge in [0.05, 0.1) is 97.1 Å². The van der Waals surface area contributed by atoms with E-state index in [1.54, 1.807) is 18.2 Å². The highest BCUT2D eigenvalue weighted by Gasteiger charge is 2.45. The average Bonchev–Trinajstić information content (AvgIpc) is 1.60. The number of ether oxygens (including phenoxy) is 5. The van der Waals surface area contributed by atoms with Gasteiger partial charge in [-0.25, -0.2) is 4.68 Å². The molecule has 5 N–H and O–H groups in total. The molecule has 3 heterocycles. The number of halogens is 1. The lowest BCUT2D eigenvalue weighted by Gasteiger charge is -2.29. The molecule has 1 aliphatic carbocycles. The van der Waals surface area contributed by atoms with Gasteiger partial charge in [-0.1, -0.05) is 108 Å². The number of unbranched alkanes of at least 4 members (excludes halogenated alkanes) is 3. The summed E-state index contributed by atoms with van der Waals surface area (Å²) in [6.45, 7) is 25.5. The van der Waals surface area contributed by atoms with Gasteiger partial charge >= 0.3 is 0 Å². The first-order valence-electron chi connectivity index (χ1n) is 35.6. The SMILES string of the molecule is CCCCCN1C(=CC=C(C=CC2=[N+](CCCCS(=O)(=O)O)c3ccccc3C2(C)C)c2ccc(CN(CCCOCCOCCOCCOCCOCCCNc3cc(-n4nc(C)c5c4CC(C)(C)CC5=O)ccc3C(N)=O)Cc3cccc(I)c3)cc2)C(C)(C)c2cc(S(=O)(=O)O)ccc21. The largest absolute Gasteiger partial charge is 0.384 e. The fraction of sp³-hybridized carbons (Fsp3) is 0.468. The zero-order chi connectivity index (χ0) is 73.2. The molecule has 20 nitrogen and oxygen atoms in total. The third-order valence-corrected chi connectivity index (χ3v) is 21.4. The van der Waals surface area contributed by atoms with E-state index in [1.165, 1.54) is 15.2 Å². The molecule has 9 rings (SSSR count). The molecule has 5 aromatic carbocycles. The van der Waals surface area contributed by atoms with Crippen molar-refractivity contribution in [3.8, 4) is 5.69 Å². The summed E-state index contributed by atoms with van der Waals surface area (Å²) in [6.07, 6.45) is 15.2. The second kappa shape index (κ2) is 36.3. The van der Waals surface area contributed by atoms with E-state index in [1.807, 2.05) is 35.9 Å². The van der Waals surface area contributed by atoms with Crippen LogP contribution >= 0.6 is 22.6 Å². The number of aromatic nitrogens is 2. The minimum Gasteiger partial charge on any atom is -0.384 e. The molecule has 1 amide bonds. The Kier molecular flexibility index (Phi) is 28.2. The van der Waals surface area contributed by atoms with Crippen molar-refractivity contribution >= 4 is 82.9 Å². The van der Waals surface area contributed by atoms with Crippen molar-refractivity contribution in [1.29, 1.82) is 0 Å². The van der Waals surface area contributed by atoms with E-state index in [-0.39, 0.29) is 21.8 Å². The fourth-order valence-corrected chi connectivity index (χ4v) is 15.6. The first kappa shape index (κ1) is 79.4. The number of hydrogen-bond acceptors (Lipinski definition) is 15. The van der Waals surface area contributed by atoms with Crippen LogP contribution in [-0.2, 0) is 74.3 Å². The number of aryl methyl sites for hydroxylation is 1. The predicted octanol–water partition coefficient (Wildman–Crippen LogP) is 13.8. The minimum atomic E-state index is -4.45. The van der Waals surface area contributed by atoms with Crippen LogP contribution in [0.1, 0.15) is 160 Å². The van der Waals surface area contributed by atoms with Crippen molar-refractivity contribution in [2.45, 2.75) is 142 Å². The Morgan fingerprint density at radius 3 is 2.05 bits per heavy atom. The molecule has 0 radical (unpaired) electrons. The van der Waals surface area contributed by atoms with Crippen LogP contribution in [0.25, 0.3) is 11.3 Å². The van der Waals surface area contributed by atoms with Gasteiger partial charge in [-0.3, -0.25) is 23.6 Å². The molecular formula is C79H103IN7O13S2+. The lowest BCUT2D eigenvalue weighted by atomic mass is 9.75. The molecule has 0 unspecified atom stereocenters. The Morgan fingerprint density at radius 1 is 0.725 bits per heavy atom. The van der Waals surface area contributed by atoms with Crippen molar-refractivity contribution in [3.05, 3.63) is 193 Å². The van der Waals surface area contributed by atoms with Crippen molar-refractivity contribution in [3.63, 3.8) is 0 Å². The number of allylic oxidation sites excluding steroid dienone is 6. The molecule has 550 valence electrons. The maximum absolute atomic E-state index is 13.0. The molecule has 1 aromatic heterocycles. The zero-order valence-electron chi connectivity index (χ0n) is 60.5. The molecule has 0 fully saturated rings. The second-order valence-corrected chi connectivity index (χ2v) is 32.6. The number of nitrogens with zero attached hydrogens (tertiary/aromatic N) is 5. The number of carbonyl (C=O) groups is 2. The molecule has 0 saturated heterocycles. The summed E-state index contributed by atoms with van der Waals surface area (Å²) >= 11 is 2.36. The van der Waals surface area contributed by atoms with Crippen LogP contribution in [0, 0.1) is 15.9 Å². The third-order valence-electron chi connectivity index (χ3n) is 19.1. The van der Waals surface area contributed by atoms with E-state index < -0.39 is 37.0 Å². The Labute approximate surface area is 617 Å². The van der Waals surface area contributed by atoms with Gasteiger partial charge in [-0.05, 0) is 169 Å². The highest BCUT2D eigenvalue weighted by Crippen LogP contribution is 2.49. The number of amides is 1. The predicted molar refractivity (Wildman–Crippen MR) is 411 cm³/mol. The molecule has 0 spiro atoms. The van der Waals surface area contributed by atoms with Gasteiger partial charge in [0.1, 0.15) is 6.54 Å². The molecular weight excluding hydrogens is 1450 g/mol. The number of benzene rings is 5. The summed E-state index contributed by atoms with van der Waals surface area (Å²) in [5.41, 5.74) is 18.9. The lowest BCUT2D eigenvalue weighted by molar-refractivity contribution is -0.438. The van der Waals surface area contributed by atoms with Crippen LogP contribution < -0.4 is 16.0 Å². The number of nitrogens with two attached hydrogens (primary N) is 1. The number of Topliss-reactive ketones (excluding diaryl/α,β-unsaturated/α-hetero) is 1. The van der Waals surface area contributed by atoms with E-state index in [0.29, 0.717) is 140 Å². The Morgan fingerprint density at radius 2 is 1.39 bits per heavy atom. The zero-order valence-corrected chi connectivity index (χ0v) is 64.3. The third kappa shape index (κ3) is 21.5. The summed E-state index contributed by atoms with van der Waals surface area (Å²) in [5, 5.41) is 8.07. The summed E-state index contributed by atoms with van der Waals surface area (Å²) in [4.78, 5) is 30.0. The van der Waals surface area contributed by atoms with Crippen molar-refractivity contribution in [2.24, 2.45) is 11.1 Å². The number of ketones is 1. The van der Waals surface area contributed by atoms with Gasteiger partial charge in [-0.2, -0.15) is 26.5 Å². The van der Waals surface area contributed by atoms with E-state index in [4.69, 9.17) is 34.5 Å². The smallest absolute Gasteiger partial charge is 0.294 e. The molecule has 0 atom stereocenters. The molecule has 0 saturated carbocycles. The minimum absolute atomic E-state index is 0.106. The molecule has 0 bridgehead atoms. The number of para-hydroxylation sites is 1. The first-order chi connectivity index (χ1) is 48.6. The number of fused-ring (bicyclic) bond motifs is 3. The number of hydrogen-bond donors (Lipinski definition) is 4. The summed E-state index contributed by atoms with van der Waals surface area (Å²) < 4.78 is 103. The fourth-order valence-electron chi connectivity index (χ4n) is 13.9. The van der Waals surface area contributed by atoms with Gasteiger partial charge in [0.15, 0.2) is 11.5 Å². The molecule has 2 aliphatic heterocycles. The molecule has 102 heavy (non-hydrogen) atoms. The van der Waals surface area contributed by atoms with Crippen LogP contribution in [0.5, 0.6) is 0 Å². The Bertz CT molecular complexity index is 4260. The highest BCUT2D eigenvalue weighted by molar-refractivity contribution is 14.1. The monoisotopic (exact) mass is 1550 g/mol. The normalized spacial score (nSPS) is 16.0. The maximum atomic E-state index is 13.0. The van der Waals surface area contributed by atoms with Gasteiger partial charge in [0.25, 0.3) is 26.1 Å². The van der Waals surface area contributed by atoms with Crippen LogP contribution in [0.3, 0.4) is 0 Å². The van der Waals surface area contributed by atoms with Crippen LogP contribution in [0.15, 0.2) is 144 Å². The summed E-state index contributed by atoms with van der Waals surface area (Å²) in [7, 11) is -8.55. The van der Waals surface area contributed by atoms with Crippen molar-refractivity contribution in [1.82, 2.24) is 14.7 Å². The molecule has 23 heteroatoms. The topological polar surface area (TPSA) is 254 Å². The van der Waals surface area contributed by atoms with E-state index in [2.05, 4.69) is 176 Å². The van der Waals surface area contributed by atoms with Crippen molar-refractivity contribution in [2.75, 3.05) is 108 Å². The van der Waals surface area contributed by atoms with Crippen LogP contribution in [-0.4, -0.2) is 161 Å². The Balaban J connectivity index is 0.753. The average molecular weight is 1550 g/mol. The van der Waals surface area contributed by atoms with Crippen molar-refractivity contribution < 1.29 is 63.8 Å². The van der Waals surface area contributed by atoms with Gasteiger partial charge in [-0.15, -0.1) is 0 Å². The molecule has 3 aliphatic rings. The van der Waals surface area contributed by atoms with Gasteiger partial charge in [0, 0.05) is 103 Å². The summed E-state index contributed by atoms with van der Waals surface area (Å²) in [6, 6.07) is 35.9. The lowest BCUT2D eigenvalue weighted by Crippen LogP contribution is -2.28. The van der Waals surface area contributed by atoms with Gasteiger partial charge < -0.3 is 39.6 Å². The first-order valence-corrected chi connectivity index (χ1v) is 39.7. The van der Waals surface area contributed by atoms with Crippen LogP contribution in [0.2, 0.25) is 0 Å². The van der Waals surface area contributed by atoms with E-state index >= 15 is 0 Å². The molecule has 6 aromatic rings. The standard InChI is InChI=1S/C79H102IN7O13S2/c1-9-10-13-37-86-70-32-30-64(102(93,94)95)52-67(70)79(7,8)74(86)34-28-61(27-33-73-78(5,6)66-21-11-12-22-69(66)85(73)38-14-15-49-101(90,91)92)60-25-23-58(24-26-60)55-84(56-59-19-16-20-62(80)50-59)36-18-40-97-42-44-99-46-48-100-47-45-98-43-41-96-39-17-35-82-68-51-63(29-31-65(68)76(81)89)87-71-53-77(3,4)54-72(88)75(71)57(2)83-87/h11-12,16,19-34,50-52H,9-10,13-15,17-18,35-49,53-56H2,1-8H3,(H4-,81,82,89,90,91,92,93,94,95)/p+1. The highest BCUT2D eigenvalue weighted by atomic mass is 127. The van der Waals surface area contributed by atoms with Gasteiger partial charge in [0.2, 0.25) is 5.69 Å². The number of nitrogens with one attached hydrogen (secondary N) is 1. The number of carbonyl (C=O) groups excluding carboxylic acids is 2. The number of anilines is 2. The van der Waals surface area contributed by atoms with Crippen LogP contribution in [0.4, 0.5) is 17.1 Å². The van der Waals surface area contributed by atoms with E-state index in [0.717, 1.165) is 107 Å². The quantitative estimate of drug-likeness (QED) is 0.00915. The maximum Gasteiger partial charge on any atom is 0.294 e. The summed E-state index contributed by atoms with van der Waals surface area (Å²) in [5.74, 6) is -0.735. The second-order valence-electron chi connectivity index (χ2n) is 28.4. The van der Waals surface area contributed by atoms with E-state index in [9.17, 15) is 35.5 Å². The number of primary amides is 1. The number of rotatable bonds is 41.